The van der Waals surface area contributed by atoms with Crippen LogP contribution >= 0.6 is 0 Å². The molecule has 2 heterocycles. The molecule has 1 atom stereocenters. The zero-order valence-electron chi connectivity index (χ0n) is 24.7. The van der Waals surface area contributed by atoms with E-state index in [1.807, 2.05) is 57.2 Å². The molecule has 1 aliphatic rings. The molecule has 0 spiro atoms. The lowest BCUT2D eigenvalue weighted by molar-refractivity contribution is -0.142. The molecule has 9 nitrogen and oxygen atoms in total. The molecule has 0 unspecified atom stereocenters. The Hall–Kier alpha value is -4.40. The average molecular weight is 574 g/mol. The zero-order valence-corrected chi connectivity index (χ0v) is 24.7. The van der Waals surface area contributed by atoms with Crippen molar-refractivity contribution < 1.29 is 28.6 Å². The summed E-state index contributed by atoms with van der Waals surface area (Å²) in [6.45, 7) is 6.67. The smallest absolute Gasteiger partial charge is 0.416 e. The van der Waals surface area contributed by atoms with Crippen molar-refractivity contribution in [1.82, 2.24) is 10.3 Å². The van der Waals surface area contributed by atoms with Crippen LogP contribution < -0.4 is 15.0 Å². The summed E-state index contributed by atoms with van der Waals surface area (Å²) in [5.41, 5.74) is 2.72. The third kappa shape index (κ3) is 8.55. The minimum Gasteiger partial charge on any atom is -0.494 e. The quantitative estimate of drug-likeness (QED) is 0.259. The SMILES string of the molecule is COC(=O)[C@H](Cc1ccc(OCCCc2ccc3c(n2)N(C(=O)OC(C)(C)C)CCC3)cc1)NC(=O)c1ccccc1. The highest BCUT2D eigenvalue weighted by Gasteiger charge is 2.28. The summed E-state index contributed by atoms with van der Waals surface area (Å²) in [5.74, 6) is 0.549. The van der Waals surface area contributed by atoms with Crippen molar-refractivity contribution in [1.29, 1.82) is 0 Å². The first-order chi connectivity index (χ1) is 20.1. The largest absolute Gasteiger partial charge is 0.494 e. The van der Waals surface area contributed by atoms with Crippen LogP contribution in [-0.2, 0) is 33.5 Å². The maximum Gasteiger partial charge on any atom is 0.416 e. The predicted octanol–water partition coefficient (Wildman–Crippen LogP) is 5.30. The summed E-state index contributed by atoms with van der Waals surface area (Å²) in [4.78, 5) is 44.1. The molecule has 4 rings (SSSR count). The Bertz CT molecular complexity index is 1370. The van der Waals surface area contributed by atoms with E-state index >= 15 is 0 Å². The van der Waals surface area contributed by atoms with Gasteiger partial charge in [-0.2, -0.15) is 0 Å². The fourth-order valence-electron chi connectivity index (χ4n) is 4.68. The van der Waals surface area contributed by atoms with Crippen LogP contribution in [0.2, 0.25) is 0 Å². The van der Waals surface area contributed by atoms with Crippen molar-refractivity contribution in [3.8, 4) is 5.75 Å². The maximum absolute atomic E-state index is 12.7. The second kappa shape index (κ2) is 14.0. The Kier molecular flexibility index (Phi) is 10.2. The van der Waals surface area contributed by atoms with Gasteiger partial charge in [0.05, 0.1) is 13.7 Å². The molecule has 2 aromatic carbocycles. The van der Waals surface area contributed by atoms with Crippen LogP contribution in [0.15, 0.2) is 66.7 Å². The normalized spacial score (nSPS) is 13.5. The van der Waals surface area contributed by atoms with Crippen LogP contribution in [-0.4, -0.2) is 54.9 Å². The number of amides is 2. The van der Waals surface area contributed by atoms with E-state index in [1.54, 1.807) is 29.2 Å². The average Bonchev–Trinajstić information content (AvgIpc) is 2.98. The highest BCUT2D eigenvalue weighted by molar-refractivity contribution is 5.96. The van der Waals surface area contributed by atoms with Crippen molar-refractivity contribution >= 4 is 23.8 Å². The summed E-state index contributed by atoms with van der Waals surface area (Å²) in [5, 5.41) is 2.76. The number of aryl methyl sites for hydroxylation is 2. The van der Waals surface area contributed by atoms with Crippen LogP contribution in [0, 0.1) is 0 Å². The number of ether oxygens (including phenoxy) is 3. The van der Waals surface area contributed by atoms with Gasteiger partial charge in [0.15, 0.2) is 0 Å². The van der Waals surface area contributed by atoms with E-state index in [1.165, 1.54) is 7.11 Å². The monoisotopic (exact) mass is 573 g/mol. The van der Waals surface area contributed by atoms with E-state index in [0.717, 1.165) is 36.1 Å². The zero-order chi connectivity index (χ0) is 30.1. The lowest BCUT2D eigenvalue weighted by Crippen LogP contribution is -2.43. The van der Waals surface area contributed by atoms with Gasteiger partial charge in [0.25, 0.3) is 5.91 Å². The van der Waals surface area contributed by atoms with E-state index in [2.05, 4.69) is 11.4 Å². The third-order valence-corrected chi connectivity index (χ3v) is 6.75. The van der Waals surface area contributed by atoms with Crippen LogP contribution in [0.1, 0.15) is 60.8 Å². The van der Waals surface area contributed by atoms with E-state index in [0.29, 0.717) is 36.7 Å². The number of anilines is 1. The van der Waals surface area contributed by atoms with Crippen molar-refractivity contribution in [3.63, 3.8) is 0 Å². The summed E-state index contributed by atoms with van der Waals surface area (Å²) in [6, 6.07) is 19.4. The van der Waals surface area contributed by atoms with Crippen LogP contribution in [0.4, 0.5) is 10.6 Å². The number of nitrogens with one attached hydrogen (secondary N) is 1. The molecule has 0 saturated heterocycles. The van der Waals surface area contributed by atoms with Gasteiger partial charge in [-0.25, -0.2) is 14.6 Å². The number of carbonyl (C=O) groups excluding carboxylic acids is 3. The molecule has 2 amide bonds. The van der Waals surface area contributed by atoms with Crippen LogP contribution in [0.3, 0.4) is 0 Å². The number of carbonyl (C=O) groups is 3. The number of rotatable bonds is 10. The van der Waals surface area contributed by atoms with E-state index in [9.17, 15) is 14.4 Å². The van der Waals surface area contributed by atoms with Gasteiger partial charge in [0.2, 0.25) is 0 Å². The first-order valence-corrected chi connectivity index (χ1v) is 14.3. The second-order valence-corrected chi connectivity index (χ2v) is 11.2. The summed E-state index contributed by atoms with van der Waals surface area (Å²) >= 11 is 0. The van der Waals surface area contributed by atoms with Crippen molar-refractivity contribution in [2.75, 3.05) is 25.2 Å². The molecular weight excluding hydrogens is 534 g/mol. The number of pyridine rings is 1. The highest BCUT2D eigenvalue weighted by Crippen LogP contribution is 2.27. The molecule has 3 aromatic rings. The van der Waals surface area contributed by atoms with Gasteiger partial charge >= 0.3 is 12.1 Å². The number of methoxy groups -OCH3 is 1. The number of nitrogens with zero attached hydrogens (tertiary/aromatic N) is 2. The molecule has 0 bridgehead atoms. The van der Waals surface area contributed by atoms with E-state index in [4.69, 9.17) is 19.2 Å². The van der Waals surface area contributed by atoms with Gasteiger partial charge in [0, 0.05) is 24.2 Å². The molecule has 0 saturated carbocycles. The topological polar surface area (TPSA) is 107 Å². The minimum absolute atomic E-state index is 0.288. The Morgan fingerprint density at radius 1 is 1.00 bits per heavy atom. The first-order valence-electron chi connectivity index (χ1n) is 14.3. The lowest BCUT2D eigenvalue weighted by atomic mass is 10.0. The van der Waals surface area contributed by atoms with Gasteiger partial charge in [0.1, 0.15) is 23.2 Å². The van der Waals surface area contributed by atoms with Crippen LogP contribution in [0.25, 0.3) is 0 Å². The molecular formula is C33H39N3O6. The fourth-order valence-corrected chi connectivity index (χ4v) is 4.68. The molecule has 1 aliphatic heterocycles. The predicted molar refractivity (Wildman–Crippen MR) is 160 cm³/mol. The molecule has 42 heavy (non-hydrogen) atoms. The first kappa shape index (κ1) is 30.6. The summed E-state index contributed by atoms with van der Waals surface area (Å²) in [6.07, 6.45) is 3.14. The van der Waals surface area contributed by atoms with Gasteiger partial charge in [-0.1, -0.05) is 36.4 Å². The Balaban J connectivity index is 1.28. The number of benzene rings is 2. The lowest BCUT2D eigenvalue weighted by Gasteiger charge is -2.31. The number of aromatic nitrogens is 1. The second-order valence-electron chi connectivity index (χ2n) is 11.2. The van der Waals surface area contributed by atoms with Gasteiger partial charge < -0.3 is 19.5 Å². The maximum atomic E-state index is 12.7. The van der Waals surface area contributed by atoms with Crippen molar-refractivity contribution in [2.45, 2.75) is 64.5 Å². The minimum atomic E-state index is -0.815. The summed E-state index contributed by atoms with van der Waals surface area (Å²) in [7, 11) is 1.30. The van der Waals surface area contributed by atoms with Crippen molar-refractivity contribution in [2.24, 2.45) is 0 Å². The Morgan fingerprint density at radius 2 is 1.74 bits per heavy atom. The molecule has 1 aromatic heterocycles. The van der Waals surface area contributed by atoms with Crippen molar-refractivity contribution in [3.05, 3.63) is 89.1 Å². The standard InChI is InChI=1S/C33H39N3O6/c1-33(2,3)42-32(39)36-20-8-12-24-16-17-26(34-29(24)36)13-9-21-41-27-18-14-23(15-19-27)22-28(31(38)40-4)35-30(37)25-10-6-5-7-11-25/h5-7,10-11,14-19,28H,8-9,12-13,20-22H2,1-4H3,(H,35,37)/t28-/m0/s1. The number of fused-ring (bicyclic) bond motifs is 1. The molecule has 0 aliphatic carbocycles. The van der Waals surface area contributed by atoms with E-state index in [-0.39, 0.29) is 18.4 Å². The Labute approximate surface area is 247 Å². The van der Waals surface area contributed by atoms with E-state index < -0.39 is 17.6 Å². The van der Waals surface area contributed by atoms with Gasteiger partial charge in [-0.05, 0) is 87.9 Å². The summed E-state index contributed by atoms with van der Waals surface area (Å²) < 4.78 is 16.4. The number of hydrogen-bond acceptors (Lipinski definition) is 7. The third-order valence-electron chi connectivity index (χ3n) is 6.75. The molecule has 0 radical (unpaired) electrons. The van der Waals surface area contributed by atoms with Crippen LogP contribution in [0.5, 0.6) is 5.75 Å². The van der Waals surface area contributed by atoms with Gasteiger partial charge in [-0.3, -0.25) is 9.69 Å². The number of esters is 1. The van der Waals surface area contributed by atoms with Gasteiger partial charge in [-0.15, -0.1) is 0 Å². The fraction of sp³-hybridized carbons (Fsp3) is 0.394. The molecule has 222 valence electrons. The highest BCUT2D eigenvalue weighted by atomic mass is 16.6. The molecule has 0 fully saturated rings. The number of hydrogen-bond donors (Lipinski definition) is 1. The Morgan fingerprint density at radius 3 is 2.43 bits per heavy atom. The molecule has 9 heteroatoms. The molecule has 1 N–H and O–H groups in total.